The number of imidazole rings is 1. The summed E-state index contributed by atoms with van der Waals surface area (Å²) >= 11 is 6.10. The van der Waals surface area contributed by atoms with Gasteiger partial charge in [0.15, 0.2) is 0 Å². The molecule has 1 heterocycles. The third-order valence-corrected chi connectivity index (χ3v) is 2.95. The molecule has 0 saturated carbocycles. The van der Waals surface area contributed by atoms with Crippen molar-refractivity contribution in [2.45, 2.75) is 12.8 Å². The quantitative estimate of drug-likeness (QED) is 0.874. The van der Waals surface area contributed by atoms with E-state index >= 15 is 0 Å². The lowest BCUT2D eigenvalue weighted by Crippen LogP contribution is -2.07. The van der Waals surface area contributed by atoms with Crippen LogP contribution in [0.1, 0.15) is 18.4 Å². The fraction of sp³-hybridized carbons (Fsp3) is 0.273. The second kappa shape index (κ2) is 3.79. The number of nitrogens with zero attached hydrogens (tertiary/aromatic N) is 2. The predicted octanol–water partition coefficient (Wildman–Crippen LogP) is 2.41. The number of fused-ring (bicyclic) bond motifs is 1. The lowest BCUT2D eigenvalue weighted by molar-refractivity contribution is -0.138. The van der Waals surface area contributed by atoms with Crippen molar-refractivity contribution >= 4 is 28.6 Å². The Hall–Kier alpha value is -1.55. The molecule has 0 aliphatic rings. The van der Waals surface area contributed by atoms with Crippen LogP contribution < -0.4 is 0 Å². The SMILES string of the molecule is CC(C(=O)O)c1cc(Cl)c2c(c1)ncn2C. The fourth-order valence-electron chi connectivity index (χ4n) is 1.65. The zero-order valence-electron chi connectivity index (χ0n) is 8.94. The molecule has 0 radical (unpaired) electrons. The van der Waals surface area contributed by atoms with Gasteiger partial charge in [-0.1, -0.05) is 11.6 Å². The molecule has 0 spiro atoms. The fourth-order valence-corrected chi connectivity index (χ4v) is 2.01. The van der Waals surface area contributed by atoms with Crippen LogP contribution in [0.2, 0.25) is 5.02 Å². The van der Waals surface area contributed by atoms with E-state index in [0.29, 0.717) is 10.6 Å². The van der Waals surface area contributed by atoms with E-state index in [9.17, 15) is 4.79 Å². The van der Waals surface area contributed by atoms with E-state index in [4.69, 9.17) is 16.7 Å². The van der Waals surface area contributed by atoms with E-state index in [1.165, 1.54) is 0 Å². The summed E-state index contributed by atoms with van der Waals surface area (Å²) in [7, 11) is 1.85. The van der Waals surface area contributed by atoms with Crippen molar-refractivity contribution in [2.75, 3.05) is 0 Å². The Balaban J connectivity index is 2.63. The van der Waals surface area contributed by atoms with Gasteiger partial charge in [-0.2, -0.15) is 0 Å². The Morgan fingerprint density at radius 2 is 2.25 bits per heavy atom. The molecule has 0 bridgehead atoms. The maximum atomic E-state index is 10.9. The molecule has 0 saturated heterocycles. The van der Waals surface area contributed by atoms with E-state index in [0.717, 1.165) is 11.0 Å². The predicted molar refractivity (Wildman–Crippen MR) is 61.8 cm³/mol. The third kappa shape index (κ3) is 1.65. The first-order valence-corrected chi connectivity index (χ1v) is 5.21. The van der Waals surface area contributed by atoms with Crippen LogP contribution in [0, 0.1) is 0 Å². The molecule has 16 heavy (non-hydrogen) atoms. The number of carboxylic acid groups (broad SMARTS) is 1. The van der Waals surface area contributed by atoms with Gasteiger partial charge in [0.05, 0.1) is 28.3 Å². The molecule has 2 aromatic rings. The summed E-state index contributed by atoms with van der Waals surface area (Å²) < 4.78 is 1.81. The number of aryl methyl sites for hydroxylation is 1. The third-order valence-electron chi connectivity index (χ3n) is 2.66. The molecule has 0 aliphatic heterocycles. The largest absolute Gasteiger partial charge is 0.481 e. The van der Waals surface area contributed by atoms with Crippen LogP contribution in [0.4, 0.5) is 0 Å². The van der Waals surface area contributed by atoms with E-state index in [2.05, 4.69) is 4.98 Å². The van der Waals surface area contributed by atoms with E-state index in [1.54, 1.807) is 25.4 Å². The van der Waals surface area contributed by atoms with Gasteiger partial charge >= 0.3 is 5.97 Å². The maximum Gasteiger partial charge on any atom is 0.310 e. The van der Waals surface area contributed by atoms with Crippen molar-refractivity contribution < 1.29 is 9.90 Å². The number of hydrogen-bond donors (Lipinski definition) is 1. The topological polar surface area (TPSA) is 55.1 Å². The van der Waals surface area contributed by atoms with Gasteiger partial charge in [-0.3, -0.25) is 4.79 Å². The van der Waals surface area contributed by atoms with Crippen LogP contribution in [0.15, 0.2) is 18.5 Å². The smallest absolute Gasteiger partial charge is 0.310 e. The Morgan fingerprint density at radius 3 is 2.88 bits per heavy atom. The van der Waals surface area contributed by atoms with Crippen molar-refractivity contribution in [3.8, 4) is 0 Å². The van der Waals surface area contributed by atoms with E-state index in [1.807, 2.05) is 11.6 Å². The van der Waals surface area contributed by atoms with Crippen LogP contribution in [-0.2, 0) is 11.8 Å². The average Bonchev–Trinajstić information content (AvgIpc) is 2.59. The first kappa shape index (κ1) is 11.0. The summed E-state index contributed by atoms with van der Waals surface area (Å²) in [5.41, 5.74) is 2.21. The monoisotopic (exact) mass is 238 g/mol. The standard InChI is InChI=1S/C11H11ClN2O2/c1-6(11(15)16)7-3-8(12)10-9(4-7)13-5-14(10)2/h3-6H,1-2H3,(H,15,16). The van der Waals surface area contributed by atoms with Crippen LogP contribution >= 0.6 is 11.6 Å². The molecule has 1 unspecified atom stereocenters. The van der Waals surface area contributed by atoms with Gasteiger partial charge < -0.3 is 9.67 Å². The Morgan fingerprint density at radius 1 is 1.56 bits per heavy atom. The highest BCUT2D eigenvalue weighted by Gasteiger charge is 2.16. The normalized spacial score (nSPS) is 12.9. The van der Waals surface area contributed by atoms with Crippen molar-refractivity contribution in [3.63, 3.8) is 0 Å². The zero-order chi connectivity index (χ0) is 11.9. The summed E-state index contributed by atoms with van der Waals surface area (Å²) in [6, 6.07) is 3.45. The van der Waals surface area contributed by atoms with Crippen LogP contribution in [0.3, 0.4) is 0 Å². The van der Waals surface area contributed by atoms with Gasteiger partial charge in [0.2, 0.25) is 0 Å². The number of aromatic nitrogens is 2. The average molecular weight is 239 g/mol. The van der Waals surface area contributed by atoms with Crippen molar-refractivity contribution in [1.29, 1.82) is 0 Å². The second-order valence-corrected chi connectivity index (χ2v) is 4.19. The number of benzene rings is 1. The first-order valence-electron chi connectivity index (χ1n) is 4.84. The molecule has 84 valence electrons. The van der Waals surface area contributed by atoms with Gasteiger partial charge in [0.25, 0.3) is 0 Å². The van der Waals surface area contributed by atoms with Crippen LogP contribution in [-0.4, -0.2) is 20.6 Å². The summed E-state index contributed by atoms with van der Waals surface area (Å²) in [5.74, 6) is -1.45. The number of halogens is 1. The molecule has 1 atom stereocenters. The Bertz CT molecular complexity index is 562. The van der Waals surface area contributed by atoms with Crippen LogP contribution in [0.25, 0.3) is 11.0 Å². The summed E-state index contributed by atoms with van der Waals surface area (Å²) in [6.07, 6.45) is 1.66. The second-order valence-electron chi connectivity index (χ2n) is 3.79. The van der Waals surface area contributed by atoms with Crippen LogP contribution in [0.5, 0.6) is 0 Å². The molecule has 4 nitrogen and oxygen atoms in total. The van der Waals surface area contributed by atoms with Crippen molar-refractivity contribution in [3.05, 3.63) is 29.0 Å². The Labute approximate surface area is 97.5 Å². The molecule has 2 rings (SSSR count). The van der Waals surface area contributed by atoms with Gasteiger partial charge in [-0.25, -0.2) is 4.98 Å². The molecule has 1 N–H and O–H groups in total. The molecule has 1 aromatic heterocycles. The minimum atomic E-state index is -0.869. The highest BCUT2D eigenvalue weighted by molar-refractivity contribution is 6.35. The summed E-state index contributed by atoms with van der Waals surface area (Å²) in [6.45, 7) is 1.63. The number of hydrogen-bond acceptors (Lipinski definition) is 2. The van der Waals surface area contributed by atoms with Gasteiger partial charge in [0, 0.05) is 7.05 Å². The lowest BCUT2D eigenvalue weighted by Gasteiger charge is -2.07. The van der Waals surface area contributed by atoms with E-state index < -0.39 is 11.9 Å². The number of rotatable bonds is 2. The number of carboxylic acids is 1. The minimum absolute atomic E-state index is 0.528. The van der Waals surface area contributed by atoms with Crippen molar-refractivity contribution in [1.82, 2.24) is 9.55 Å². The minimum Gasteiger partial charge on any atom is -0.481 e. The molecule has 5 heteroatoms. The highest BCUT2D eigenvalue weighted by Crippen LogP contribution is 2.27. The summed E-state index contributed by atoms with van der Waals surface area (Å²) in [5, 5.41) is 9.46. The van der Waals surface area contributed by atoms with E-state index in [-0.39, 0.29) is 0 Å². The number of aliphatic carboxylic acids is 1. The van der Waals surface area contributed by atoms with Gasteiger partial charge in [0.1, 0.15) is 0 Å². The number of carbonyl (C=O) groups is 1. The summed E-state index contributed by atoms with van der Waals surface area (Å²) in [4.78, 5) is 15.1. The lowest BCUT2D eigenvalue weighted by atomic mass is 10.0. The molecule has 0 fully saturated rings. The van der Waals surface area contributed by atoms with Crippen molar-refractivity contribution in [2.24, 2.45) is 7.05 Å². The Kier molecular flexibility index (Phi) is 2.59. The van der Waals surface area contributed by atoms with Gasteiger partial charge in [-0.15, -0.1) is 0 Å². The molecular formula is C11H11ClN2O2. The molecule has 0 aliphatic carbocycles. The molecular weight excluding hydrogens is 228 g/mol. The van der Waals surface area contributed by atoms with Gasteiger partial charge in [-0.05, 0) is 24.6 Å². The first-order chi connectivity index (χ1) is 7.50. The molecule has 0 amide bonds. The maximum absolute atomic E-state index is 10.9. The highest BCUT2D eigenvalue weighted by atomic mass is 35.5. The molecule has 1 aromatic carbocycles. The zero-order valence-corrected chi connectivity index (χ0v) is 9.69.